The lowest BCUT2D eigenvalue weighted by molar-refractivity contribution is -0.132. The highest BCUT2D eigenvalue weighted by atomic mass is 19.1. The maximum Gasteiger partial charge on any atom is 0.184 e. The van der Waals surface area contributed by atoms with E-state index in [9.17, 15) is 4.39 Å². The van der Waals surface area contributed by atoms with Crippen LogP contribution in [0.4, 0.5) is 4.39 Å². The van der Waals surface area contributed by atoms with Crippen LogP contribution in [0.2, 0.25) is 0 Å². The molecule has 4 nitrogen and oxygen atoms in total. The smallest absolute Gasteiger partial charge is 0.184 e. The summed E-state index contributed by atoms with van der Waals surface area (Å²) in [5, 5.41) is 25.7. The Morgan fingerprint density at radius 1 is 1.40 bits per heavy atom. The Balaban J connectivity index is 2.53. The molecule has 4 unspecified atom stereocenters. The molecule has 0 radical (unpaired) electrons. The molecule has 0 aromatic carbocycles. The first kappa shape index (κ1) is 7.87. The highest BCUT2D eigenvalue weighted by molar-refractivity contribution is 4.85. The Morgan fingerprint density at radius 3 is 2.20 bits per heavy atom. The fourth-order valence-corrected chi connectivity index (χ4v) is 0.856. The van der Waals surface area contributed by atoms with Crippen molar-refractivity contribution in [2.45, 2.75) is 24.7 Å². The minimum atomic E-state index is -1.69. The number of hydrogen-bond donors (Lipinski definition) is 3. The molecular formula is C5H9FO4. The van der Waals surface area contributed by atoms with Crippen molar-refractivity contribution in [2.24, 2.45) is 0 Å². The Labute approximate surface area is 56.9 Å². The molecule has 3 N–H and O–H groups in total. The molecule has 0 spiro atoms. The maximum absolute atomic E-state index is 12.5. The van der Waals surface area contributed by atoms with Crippen LogP contribution >= 0.6 is 0 Å². The second-order valence-electron chi connectivity index (χ2n) is 2.18. The van der Waals surface area contributed by atoms with Crippen molar-refractivity contribution in [1.29, 1.82) is 0 Å². The molecule has 1 heterocycles. The topological polar surface area (TPSA) is 69.9 Å². The molecule has 0 aromatic heterocycles. The highest BCUT2D eigenvalue weighted by Crippen LogP contribution is 2.21. The van der Waals surface area contributed by atoms with Gasteiger partial charge in [0.1, 0.15) is 12.2 Å². The van der Waals surface area contributed by atoms with Crippen LogP contribution in [0.1, 0.15) is 0 Å². The maximum atomic E-state index is 12.5. The van der Waals surface area contributed by atoms with Gasteiger partial charge in [-0.1, -0.05) is 0 Å². The first-order valence-corrected chi connectivity index (χ1v) is 2.93. The van der Waals surface area contributed by atoms with Crippen LogP contribution in [0.15, 0.2) is 0 Å². The second-order valence-corrected chi connectivity index (χ2v) is 2.18. The number of ether oxygens (including phenoxy) is 1. The summed E-state index contributed by atoms with van der Waals surface area (Å²) in [5.74, 6) is 0. The highest BCUT2D eigenvalue weighted by Gasteiger charge is 2.42. The minimum absolute atomic E-state index is 0.532. The third kappa shape index (κ3) is 1.13. The van der Waals surface area contributed by atoms with Crippen LogP contribution in [0.25, 0.3) is 0 Å². The van der Waals surface area contributed by atoms with E-state index in [4.69, 9.17) is 15.3 Å². The van der Waals surface area contributed by atoms with E-state index in [-0.39, 0.29) is 0 Å². The second kappa shape index (κ2) is 2.79. The van der Waals surface area contributed by atoms with E-state index in [0.29, 0.717) is 0 Å². The molecule has 60 valence electrons. The third-order valence-corrected chi connectivity index (χ3v) is 1.47. The average molecular weight is 152 g/mol. The molecule has 10 heavy (non-hydrogen) atoms. The van der Waals surface area contributed by atoms with Crippen LogP contribution in [-0.2, 0) is 4.74 Å². The average Bonchev–Trinajstić information content (AvgIpc) is 2.17. The lowest BCUT2D eigenvalue weighted by atomic mass is 10.2. The molecule has 0 saturated carbocycles. The molecule has 1 saturated heterocycles. The lowest BCUT2D eigenvalue weighted by Crippen LogP contribution is -2.29. The van der Waals surface area contributed by atoms with Crippen LogP contribution < -0.4 is 0 Å². The normalized spacial score (nSPS) is 48.0. The molecular weight excluding hydrogens is 143 g/mol. The molecule has 4 atom stereocenters. The number of aliphatic hydroxyl groups excluding tert-OH is 3. The molecule has 1 aliphatic heterocycles. The van der Waals surface area contributed by atoms with Crippen molar-refractivity contribution in [3.05, 3.63) is 0 Å². The van der Waals surface area contributed by atoms with Gasteiger partial charge in [-0.3, -0.25) is 0 Å². The van der Waals surface area contributed by atoms with E-state index < -0.39 is 31.3 Å². The van der Waals surface area contributed by atoms with E-state index in [1.165, 1.54) is 0 Å². The van der Waals surface area contributed by atoms with Gasteiger partial charge in [-0.2, -0.15) is 0 Å². The number of alkyl halides is 1. The molecule has 1 aliphatic rings. The number of aliphatic hydroxyl groups is 3. The van der Waals surface area contributed by atoms with Crippen LogP contribution in [0.3, 0.4) is 0 Å². The summed E-state index contributed by atoms with van der Waals surface area (Å²) < 4.78 is 17.0. The van der Waals surface area contributed by atoms with Gasteiger partial charge < -0.3 is 20.1 Å². The summed E-state index contributed by atoms with van der Waals surface area (Å²) in [4.78, 5) is 0. The Hall–Kier alpha value is -0.230. The monoisotopic (exact) mass is 152 g/mol. The van der Waals surface area contributed by atoms with E-state index in [0.717, 1.165) is 0 Å². The minimum Gasteiger partial charge on any atom is -0.394 e. The van der Waals surface area contributed by atoms with Crippen LogP contribution in [0.5, 0.6) is 0 Å². The first-order chi connectivity index (χ1) is 4.66. The standard InChI is InChI=1S/C5H9FO4/c6-3-2(1-7)10-5(9)4(3)8/h2-5,7-9H,1H2. The first-order valence-electron chi connectivity index (χ1n) is 2.93. The summed E-state index contributed by atoms with van der Waals surface area (Å²) in [6, 6.07) is 0. The van der Waals surface area contributed by atoms with Gasteiger partial charge in [0.2, 0.25) is 0 Å². The quantitative estimate of drug-likeness (QED) is 0.423. The zero-order valence-electron chi connectivity index (χ0n) is 5.14. The van der Waals surface area contributed by atoms with Crippen molar-refractivity contribution < 1.29 is 24.4 Å². The Bertz CT molecular complexity index is 120. The van der Waals surface area contributed by atoms with Gasteiger partial charge in [0.15, 0.2) is 12.5 Å². The van der Waals surface area contributed by atoms with E-state index >= 15 is 0 Å². The number of hydrogen-bond acceptors (Lipinski definition) is 4. The Morgan fingerprint density at radius 2 is 2.00 bits per heavy atom. The summed E-state index contributed by atoms with van der Waals surface area (Å²) in [5.41, 5.74) is 0. The molecule has 0 aromatic rings. The number of rotatable bonds is 1. The molecule has 5 heteroatoms. The predicted octanol–water partition coefficient (Wildman–Crippen LogP) is -1.61. The van der Waals surface area contributed by atoms with Gasteiger partial charge in [0.25, 0.3) is 0 Å². The van der Waals surface area contributed by atoms with Crippen molar-refractivity contribution in [1.82, 2.24) is 0 Å². The molecule has 1 rings (SSSR count). The van der Waals surface area contributed by atoms with Gasteiger partial charge in [-0.05, 0) is 0 Å². The van der Waals surface area contributed by atoms with Gasteiger partial charge in [-0.15, -0.1) is 0 Å². The van der Waals surface area contributed by atoms with Crippen LogP contribution in [-0.4, -0.2) is 46.6 Å². The van der Waals surface area contributed by atoms with Gasteiger partial charge in [0, 0.05) is 0 Å². The molecule has 0 bridgehead atoms. The summed E-state index contributed by atoms with van der Waals surface area (Å²) in [7, 11) is 0. The number of halogens is 1. The summed E-state index contributed by atoms with van der Waals surface area (Å²) in [6.45, 7) is -0.532. The fourth-order valence-electron chi connectivity index (χ4n) is 0.856. The van der Waals surface area contributed by atoms with E-state index in [1.54, 1.807) is 0 Å². The van der Waals surface area contributed by atoms with E-state index in [2.05, 4.69) is 4.74 Å². The van der Waals surface area contributed by atoms with E-state index in [1.807, 2.05) is 0 Å². The van der Waals surface area contributed by atoms with Crippen LogP contribution in [0, 0.1) is 0 Å². The largest absolute Gasteiger partial charge is 0.394 e. The lowest BCUT2D eigenvalue weighted by Gasteiger charge is -2.06. The third-order valence-electron chi connectivity index (χ3n) is 1.47. The zero-order valence-corrected chi connectivity index (χ0v) is 5.14. The van der Waals surface area contributed by atoms with Gasteiger partial charge >= 0.3 is 0 Å². The molecule has 1 fully saturated rings. The summed E-state index contributed by atoms with van der Waals surface area (Å²) >= 11 is 0. The van der Waals surface area contributed by atoms with Crippen molar-refractivity contribution in [2.75, 3.05) is 6.61 Å². The molecule has 0 aliphatic carbocycles. The summed E-state index contributed by atoms with van der Waals surface area (Å²) in [6.07, 6.45) is -5.82. The molecule has 0 amide bonds. The fraction of sp³-hybridized carbons (Fsp3) is 1.00. The van der Waals surface area contributed by atoms with Gasteiger partial charge in [-0.25, -0.2) is 4.39 Å². The zero-order chi connectivity index (χ0) is 7.72. The predicted molar refractivity (Wildman–Crippen MR) is 28.9 cm³/mol. The SMILES string of the molecule is OCC1OC(O)C(O)C1F. The van der Waals surface area contributed by atoms with Gasteiger partial charge in [0.05, 0.1) is 6.61 Å². The van der Waals surface area contributed by atoms with Crippen molar-refractivity contribution in [3.63, 3.8) is 0 Å². The van der Waals surface area contributed by atoms with Crippen molar-refractivity contribution >= 4 is 0 Å². The van der Waals surface area contributed by atoms with Crippen molar-refractivity contribution in [3.8, 4) is 0 Å². The Kier molecular flexibility index (Phi) is 2.20.